The fourth-order valence-electron chi connectivity index (χ4n) is 3.19. The van der Waals surface area contributed by atoms with E-state index in [1.165, 1.54) is 0 Å². The van der Waals surface area contributed by atoms with Crippen molar-refractivity contribution in [1.82, 2.24) is 15.5 Å². The molecule has 2 aromatic rings. The van der Waals surface area contributed by atoms with Crippen LogP contribution in [0.3, 0.4) is 0 Å². The normalized spacial score (nSPS) is 14.6. The van der Waals surface area contributed by atoms with Crippen LogP contribution in [0.1, 0.15) is 41.5 Å². The van der Waals surface area contributed by atoms with Crippen molar-refractivity contribution in [2.75, 3.05) is 27.3 Å². The molecule has 0 aliphatic carbocycles. The number of rotatable bonds is 8. The summed E-state index contributed by atoms with van der Waals surface area (Å²) in [6, 6.07) is 8.23. The van der Waals surface area contributed by atoms with Crippen molar-refractivity contribution in [1.29, 1.82) is 0 Å². The summed E-state index contributed by atoms with van der Waals surface area (Å²) >= 11 is 3.48. The van der Waals surface area contributed by atoms with Crippen LogP contribution < -0.4 is 26.2 Å². The van der Waals surface area contributed by atoms with E-state index in [0.717, 1.165) is 21.7 Å². The molecule has 8 nitrogen and oxygen atoms in total. The van der Waals surface area contributed by atoms with Crippen molar-refractivity contribution in [3.63, 3.8) is 0 Å². The Morgan fingerprint density at radius 1 is 1.00 bits per heavy atom. The fourth-order valence-corrected chi connectivity index (χ4v) is 3.45. The predicted octanol–water partition coefficient (Wildman–Crippen LogP) is 4.27. The first-order valence-electron chi connectivity index (χ1n) is 10.4. The summed E-state index contributed by atoms with van der Waals surface area (Å²) in [4.78, 5) is 9.61. The summed E-state index contributed by atoms with van der Waals surface area (Å²) in [5.41, 5.74) is 5.28. The number of hydrogen-bond acceptors (Lipinski definition) is 8. The molecule has 4 N–H and O–H groups in total. The number of benzene rings is 1. The van der Waals surface area contributed by atoms with Crippen molar-refractivity contribution >= 4 is 44.9 Å². The smallest absolute Gasteiger partial charge is 0.227 e. The van der Waals surface area contributed by atoms with Crippen LogP contribution in [0, 0.1) is 5.92 Å². The van der Waals surface area contributed by atoms with E-state index < -0.39 is 0 Å². The molecule has 9 heteroatoms. The number of aliphatic hydroxyl groups excluding tert-OH is 1. The minimum absolute atomic E-state index is 0.0118. The van der Waals surface area contributed by atoms with Crippen molar-refractivity contribution in [2.24, 2.45) is 5.92 Å². The molecule has 0 saturated heterocycles. The fraction of sp³-hybridized carbons (Fsp3) is 0.524. The van der Waals surface area contributed by atoms with Gasteiger partial charge in [-0.3, -0.25) is 10.0 Å². The van der Waals surface area contributed by atoms with Crippen LogP contribution in [-0.2, 0) is 0 Å². The molecule has 0 spiro atoms. The van der Waals surface area contributed by atoms with E-state index in [-0.39, 0.29) is 30.7 Å². The number of hydrogen-bond donors (Lipinski definition) is 4. The number of nitrogens with one attached hydrogen (secondary N) is 3. The molecule has 1 atom stereocenters. The number of fused-ring (bicyclic) bond motifs is 1. The molecule has 1 aromatic heterocycles. The SMILES string of the molecule is CC(C)[C@H](CO)Nc1nc(Nc2ccc(Br)cc2)c2c(n1)N(C(C)C)NN2C(C)C. The minimum Gasteiger partial charge on any atom is -0.394 e. The molecule has 1 aliphatic heterocycles. The molecule has 2 heterocycles. The Balaban J connectivity index is 2.09. The molecule has 0 saturated carbocycles. The van der Waals surface area contributed by atoms with E-state index in [0.29, 0.717) is 11.8 Å². The maximum Gasteiger partial charge on any atom is 0.227 e. The molecular formula is C21H32BrN7O. The van der Waals surface area contributed by atoms with Gasteiger partial charge in [0.2, 0.25) is 5.95 Å². The molecule has 0 unspecified atom stereocenters. The molecule has 30 heavy (non-hydrogen) atoms. The number of nitrogens with zero attached hydrogens (tertiary/aromatic N) is 4. The first-order chi connectivity index (χ1) is 14.2. The summed E-state index contributed by atoms with van der Waals surface area (Å²) in [6.07, 6.45) is 0. The van der Waals surface area contributed by atoms with Gasteiger partial charge < -0.3 is 15.7 Å². The first kappa shape index (κ1) is 22.6. The van der Waals surface area contributed by atoms with Crippen LogP contribution in [0.5, 0.6) is 0 Å². The lowest BCUT2D eigenvalue weighted by Gasteiger charge is -2.27. The van der Waals surface area contributed by atoms with Gasteiger partial charge in [-0.2, -0.15) is 9.97 Å². The van der Waals surface area contributed by atoms with Crippen molar-refractivity contribution in [2.45, 2.75) is 59.7 Å². The second-order valence-corrected chi connectivity index (χ2v) is 9.32. The molecule has 1 aliphatic rings. The maximum absolute atomic E-state index is 9.77. The number of hydrazine groups is 2. The third-order valence-corrected chi connectivity index (χ3v) is 5.53. The summed E-state index contributed by atoms with van der Waals surface area (Å²) in [5, 5.41) is 20.6. The Hall–Kier alpha value is -2.10. The molecule has 0 bridgehead atoms. The largest absolute Gasteiger partial charge is 0.394 e. The topological polar surface area (TPSA) is 88.6 Å². The lowest BCUT2D eigenvalue weighted by atomic mass is 10.1. The van der Waals surface area contributed by atoms with Crippen molar-refractivity contribution < 1.29 is 5.11 Å². The molecule has 1 aromatic carbocycles. The van der Waals surface area contributed by atoms with Crippen LogP contribution in [0.2, 0.25) is 0 Å². The standard InChI is InChI=1S/C21H32BrN7O/c1-12(2)17(11-30)24-21-25-19(23-16-9-7-15(22)8-10-16)18-20(26-21)29(14(5)6)27-28(18)13(3)4/h7-10,12-14,17,27,30H,11H2,1-6H3,(H2,23,24,25,26)/t17-/m0/s1. The Bertz CT molecular complexity index is 857. The zero-order chi connectivity index (χ0) is 22.0. The monoisotopic (exact) mass is 477 g/mol. The number of aromatic nitrogens is 2. The molecule has 3 rings (SSSR count). The molecule has 0 fully saturated rings. The Morgan fingerprint density at radius 3 is 2.17 bits per heavy atom. The van der Waals surface area contributed by atoms with Gasteiger partial charge in [0.25, 0.3) is 0 Å². The van der Waals surface area contributed by atoms with Crippen LogP contribution in [0.4, 0.5) is 29.0 Å². The van der Waals surface area contributed by atoms with Crippen molar-refractivity contribution in [3.05, 3.63) is 28.7 Å². The maximum atomic E-state index is 9.77. The third kappa shape index (κ3) is 4.79. The Kier molecular flexibility index (Phi) is 7.05. The highest BCUT2D eigenvalue weighted by Gasteiger charge is 2.35. The molecule has 164 valence electrons. The van der Waals surface area contributed by atoms with E-state index in [1.54, 1.807) is 0 Å². The van der Waals surface area contributed by atoms with Gasteiger partial charge in [-0.15, -0.1) is 5.53 Å². The molecule has 0 radical (unpaired) electrons. The summed E-state index contributed by atoms with van der Waals surface area (Å²) in [7, 11) is 0. The summed E-state index contributed by atoms with van der Waals surface area (Å²) in [6.45, 7) is 12.6. The number of aliphatic hydroxyl groups is 1. The van der Waals surface area contributed by atoms with Crippen LogP contribution in [-0.4, -0.2) is 39.8 Å². The van der Waals surface area contributed by atoms with Gasteiger partial charge in [0, 0.05) is 22.2 Å². The number of anilines is 5. The highest BCUT2D eigenvalue weighted by atomic mass is 79.9. The average Bonchev–Trinajstić information content (AvgIpc) is 3.08. The second kappa shape index (κ2) is 9.36. The number of halogens is 1. The summed E-state index contributed by atoms with van der Waals surface area (Å²) in [5.74, 6) is 2.23. The van der Waals surface area contributed by atoms with Gasteiger partial charge >= 0.3 is 0 Å². The minimum atomic E-state index is -0.133. The Labute approximate surface area is 187 Å². The van der Waals surface area contributed by atoms with Crippen molar-refractivity contribution in [3.8, 4) is 0 Å². The van der Waals surface area contributed by atoms with E-state index in [2.05, 4.69) is 78.6 Å². The van der Waals surface area contributed by atoms with Gasteiger partial charge in [0.15, 0.2) is 11.6 Å². The molecular weight excluding hydrogens is 446 g/mol. The van der Waals surface area contributed by atoms with E-state index in [1.807, 2.05) is 29.3 Å². The quantitative estimate of drug-likeness (QED) is 0.448. The van der Waals surface area contributed by atoms with E-state index in [4.69, 9.17) is 9.97 Å². The van der Waals surface area contributed by atoms with Crippen LogP contribution in [0.15, 0.2) is 28.7 Å². The first-order valence-corrected chi connectivity index (χ1v) is 11.2. The lowest BCUT2D eigenvalue weighted by Crippen LogP contribution is -2.50. The zero-order valence-electron chi connectivity index (χ0n) is 18.4. The summed E-state index contributed by atoms with van der Waals surface area (Å²) < 4.78 is 1.02. The van der Waals surface area contributed by atoms with Gasteiger partial charge in [-0.05, 0) is 57.9 Å². The van der Waals surface area contributed by atoms with Crippen LogP contribution in [0.25, 0.3) is 0 Å². The Morgan fingerprint density at radius 2 is 1.63 bits per heavy atom. The van der Waals surface area contributed by atoms with E-state index in [9.17, 15) is 5.11 Å². The average molecular weight is 478 g/mol. The third-order valence-electron chi connectivity index (χ3n) is 5.01. The molecule has 0 amide bonds. The van der Waals surface area contributed by atoms with E-state index >= 15 is 0 Å². The highest BCUT2D eigenvalue weighted by molar-refractivity contribution is 9.10. The van der Waals surface area contributed by atoms with Gasteiger partial charge in [-0.25, -0.2) is 0 Å². The van der Waals surface area contributed by atoms with Gasteiger partial charge in [0.05, 0.1) is 12.6 Å². The zero-order valence-corrected chi connectivity index (χ0v) is 20.0. The van der Waals surface area contributed by atoms with Gasteiger partial charge in [-0.1, -0.05) is 29.8 Å². The van der Waals surface area contributed by atoms with Gasteiger partial charge in [0.1, 0.15) is 5.69 Å². The second-order valence-electron chi connectivity index (χ2n) is 8.40. The van der Waals surface area contributed by atoms with Crippen LogP contribution >= 0.6 is 15.9 Å². The highest BCUT2D eigenvalue weighted by Crippen LogP contribution is 2.41. The lowest BCUT2D eigenvalue weighted by molar-refractivity contribution is 0.248. The predicted molar refractivity (Wildman–Crippen MR) is 127 cm³/mol.